The predicted molar refractivity (Wildman–Crippen MR) is 88.2 cm³/mol. The van der Waals surface area contributed by atoms with Crippen LogP contribution in [0.5, 0.6) is 0 Å². The zero-order valence-corrected chi connectivity index (χ0v) is 13.7. The first-order valence-corrected chi connectivity index (χ1v) is 9.55. The standard InChI is InChI=1S/C12H20N2O2S3/c1-9(2)11(15)13-5-7-17-19-18-8-6-14-12(16)10(3)4/h1,3,5-8H2,2,4H3,(H,13,15)(H,14,16). The van der Waals surface area contributed by atoms with Gasteiger partial charge in [-0.25, -0.2) is 0 Å². The van der Waals surface area contributed by atoms with Gasteiger partial charge in [0.05, 0.1) is 0 Å². The van der Waals surface area contributed by atoms with Gasteiger partial charge in [0, 0.05) is 35.7 Å². The van der Waals surface area contributed by atoms with Crippen LogP contribution in [-0.4, -0.2) is 36.4 Å². The van der Waals surface area contributed by atoms with Gasteiger partial charge < -0.3 is 10.6 Å². The van der Waals surface area contributed by atoms with Crippen molar-refractivity contribution in [1.29, 1.82) is 0 Å². The van der Waals surface area contributed by atoms with Crippen molar-refractivity contribution < 1.29 is 9.59 Å². The molecule has 0 aromatic rings. The SMILES string of the molecule is C=C(C)C(=O)NCCSSSCCNC(=O)C(=C)C. The second kappa shape index (κ2) is 11.3. The van der Waals surface area contributed by atoms with Crippen molar-refractivity contribution in [3.8, 4) is 0 Å². The van der Waals surface area contributed by atoms with Crippen molar-refractivity contribution in [2.24, 2.45) is 0 Å². The van der Waals surface area contributed by atoms with E-state index in [9.17, 15) is 9.59 Å². The number of hydrogen-bond donors (Lipinski definition) is 2. The van der Waals surface area contributed by atoms with E-state index in [-0.39, 0.29) is 11.8 Å². The van der Waals surface area contributed by atoms with Gasteiger partial charge in [0.25, 0.3) is 0 Å². The summed E-state index contributed by atoms with van der Waals surface area (Å²) in [5, 5.41) is 5.53. The quantitative estimate of drug-likeness (QED) is 0.368. The molecule has 108 valence electrons. The topological polar surface area (TPSA) is 58.2 Å². The van der Waals surface area contributed by atoms with E-state index in [4.69, 9.17) is 0 Å². The first kappa shape index (κ1) is 18.5. The zero-order chi connectivity index (χ0) is 14.7. The molecule has 0 aliphatic carbocycles. The summed E-state index contributed by atoms with van der Waals surface area (Å²) in [6.45, 7) is 11.8. The van der Waals surface area contributed by atoms with Crippen LogP contribution < -0.4 is 10.6 Å². The Morgan fingerprint density at radius 2 is 1.26 bits per heavy atom. The third kappa shape index (κ3) is 11.0. The van der Waals surface area contributed by atoms with E-state index < -0.39 is 0 Å². The van der Waals surface area contributed by atoms with Crippen molar-refractivity contribution >= 4 is 43.2 Å². The Bertz CT molecular complexity index is 314. The van der Waals surface area contributed by atoms with Crippen LogP contribution in [0.1, 0.15) is 13.8 Å². The average Bonchev–Trinajstić information content (AvgIpc) is 2.35. The molecule has 2 N–H and O–H groups in total. The highest BCUT2D eigenvalue weighted by Crippen LogP contribution is 2.33. The molecule has 4 nitrogen and oxygen atoms in total. The van der Waals surface area contributed by atoms with Crippen LogP contribution in [0, 0.1) is 0 Å². The zero-order valence-electron chi connectivity index (χ0n) is 11.3. The van der Waals surface area contributed by atoms with Crippen molar-refractivity contribution in [1.82, 2.24) is 10.6 Å². The average molecular weight is 321 g/mol. The molecule has 0 saturated heterocycles. The summed E-state index contributed by atoms with van der Waals surface area (Å²) in [6, 6.07) is 0. The molecule has 7 heteroatoms. The van der Waals surface area contributed by atoms with Crippen LogP contribution in [0.3, 0.4) is 0 Å². The fourth-order valence-corrected chi connectivity index (χ4v) is 4.34. The summed E-state index contributed by atoms with van der Waals surface area (Å²) in [6.07, 6.45) is 0. The summed E-state index contributed by atoms with van der Waals surface area (Å²) in [5.41, 5.74) is 1.06. The molecule has 0 aliphatic heterocycles. The monoisotopic (exact) mass is 320 g/mol. The molecule has 0 spiro atoms. The molecule has 0 unspecified atom stereocenters. The van der Waals surface area contributed by atoms with Gasteiger partial charge in [-0.15, -0.1) is 0 Å². The predicted octanol–water partition coefficient (Wildman–Crippen LogP) is 2.40. The molecule has 0 bridgehead atoms. The molecule has 0 radical (unpaired) electrons. The summed E-state index contributed by atoms with van der Waals surface area (Å²) >= 11 is 0. The summed E-state index contributed by atoms with van der Waals surface area (Å²) in [4.78, 5) is 22.3. The van der Waals surface area contributed by atoms with Crippen LogP contribution >= 0.6 is 31.4 Å². The van der Waals surface area contributed by atoms with Crippen LogP contribution in [-0.2, 0) is 9.59 Å². The first-order chi connectivity index (χ1) is 8.95. The molecule has 0 aromatic carbocycles. The Morgan fingerprint density at radius 3 is 1.58 bits per heavy atom. The lowest BCUT2D eigenvalue weighted by atomic mass is 10.3. The number of hydrogen-bond acceptors (Lipinski definition) is 5. The largest absolute Gasteiger partial charge is 0.351 e. The van der Waals surface area contributed by atoms with Crippen molar-refractivity contribution in [2.45, 2.75) is 13.8 Å². The second-order valence-corrected chi connectivity index (χ2v) is 8.26. The molecule has 0 fully saturated rings. The molecule has 0 rings (SSSR count). The minimum atomic E-state index is -0.0965. The molecule has 19 heavy (non-hydrogen) atoms. The molecule has 0 saturated carbocycles. The number of rotatable bonds is 10. The molecular formula is C12H20N2O2S3. The van der Waals surface area contributed by atoms with Crippen LogP contribution in [0.15, 0.2) is 24.3 Å². The lowest BCUT2D eigenvalue weighted by Crippen LogP contribution is -2.26. The van der Waals surface area contributed by atoms with Gasteiger partial charge in [-0.2, -0.15) is 0 Å². The number of nitrogens with one attached hydrogen (secondary N) is 2. The number of carbonyl (C=O) groups is 2. The van der Waals surface area contributed by atoms with Gasteiger partial charge in [0.2, 0.25) is 11.8 Å². The lowest BCUT2D eigenvalue weighted by molar-refractivity contribution is -0.118. The third-order valence-corrected chi connectivity index (χ3v) is 6.06. The Hall–Kier alpha value is -0.530. The number of amides is 2. The van der Waals surface area contributed by atoms with Gasteiger partial charge in [0.15, 0.2) is 0 Å². The molecule has 0 aromatic heterocycles. The normalized spacial score (nSPS) is 9.79. The van der Waals surface area contributed by atoms with E-state index in [0.29, 0.717) is 24.2 Å². The summed E-state index contributed by atoms with van der Waals surface area (Å²) < 4.78 is 0. The fraction of sp³-hybridized carbons (Fsp3) is 0.500. The Morgan fingerprint density at radius 1 is 0.895 bits per heavy atom. The first-order valence-electron chi connectivity index (χ1n) is 5.73. The van der Waals surface area contributed by atoms with Crippen molar-refractivity contribution in [3.63, 3.8) is 0 Å². The van der Waals surface area contributed by atoms with Gasteiger partial charge >= 0.3 is 0 Å². The smallest absolute Gasteiger partial charge is 0.246 e. The van der Waals surface area contributed by atoms with E-state index in [0.717, 1.165) is 11.5 Å². The summed E-state index contributed by atoms with van der Waals surface area (Å²) in [5.74, 6) is 1.49. The number of carbonyl (C=O) groups excluding carboxylic acids is 2. The van der Waals surface area contributed by atoms with Gasteiger partial charge in [-0.3, -0.25) is 9.59 Å². The van der Waals surface area contributed by atoms with E-state index >= 15 is 0 Å². The van der Waals surface area contributed by atoms with Crippen molar-refractivity contribution in [3.05, 3.63) is 24.3 Å². The molecule has 0 atom stereocenters. The molecule has 2 amide bonds. The van der Waals surface area contributed by atoms with Gasteiger partial charge in [-0.05, 0) is 23.7 Å². The van der Waals surface area contributed by atoms with E-state index in [2.05, 4.69) is 23.8 Å². The Labute approximate surface area is 126 Å². The van der Waals surface area contributed by atoms with Crippen LogP contribution in [0.2, 0.25) is 0 Å². The highest BCUT2D eigenvalue weighted by Gasteiger charge is 2.01. The van der Waals surface area contributed by atoms with E-state index in [1.54, 1.807) is 45.3 Å². The Balaban J connectivity index is 3.28. The second-order valence-electron chi connectivity index (χ2n) is 3.78. The van der Waals surface area contributed by atoms with Crippen molar-refractivity contribution in [2.75, 3.05) is 24.6 Å². The van der Waals surface area contributed by atoms with E-state index in [1.165, 1.54) is 0 Å². The molecular weight excluding hydrogens is 300 g/mol. The maximum Gasteiger partial charge on any atom is 0.246 e. The maximum atomic E-state index is 11.2. The van der Waals surface area contributed by atoms with Crippen LogP contribution in [0.25, 0.3) is 0 Å². The van der Waals surface area contributed by atoms with Gasteiger partial charge in [-0.1, -0.05) is 34.7 Å². The van der Waals surface area contributed by atoms with E-state index in [1.807, 2.05) is 0 Å². The van der Waals surface area contributed by atoms with Crippen LogP contribution in [0.4, 0.5) is 0 Å². The lowest BCUT2D eigenvalue weighted by Gasteiger charge is -2.05. The minimum absolute atomic E-state index is 0.0965. The highest BCUT2D eigenvalue weighted by molar-refractivity contribution is 9.09. The van der Waals surface area contributed by atoms with Gasteiger partial charge in [0.1, 0.15) is 0 Å². The maximum absolute atomic E-state index is 11.2. The molecule has 0 aliphatic rings. The Kier molecular flexibility index (Phi) is 11.0. The summed E-state index contributed by atoms with van der Waals surface area (Å²) in [7, 11) is 5.01. The minimum Gasteiger partial charge on any atom is -0.351 e. The fourth-order valence-electron chi connectivity index (χ4n) is 0.816. The molecule has 0 heterocycles. The highest BCUT2D eigenvalue weighted by atomic mass is 33.5. The third-order valence-electron chi connectivity index (χ3n) is 1.81.